The number of Topliss-reactive ketones (excluding diaryl/α,β-unsaturated/α-hetero) is 1. The maximum absolute atomic E-state index is 13.7. The van der Waals surface area contributed by atoms with E-state index in [0.717, 1.165) is 16.5 Å². The van der Waals surface area contributed by atoms with E-state index in [1.54, 1.807) is 13.2 Å². The summed E-state index contributed by atoms with van der Waals surface area (Å²) in [5.41, 5.74) is 3.96. The molecule has 0 bridgehead atoms. The molecule has 0 saturated heterocycles. The van der Waals surface area contributed by atoms with Crippen molar-refractivity contribution in [3.8, 4) is 5.75 Å². The summed E-state index contributed by atoms with van der Waals surface area (Å²) in [7, 11) is 3.52. The minimum absolute atomic E-state index is 0.0219. The number of rotatable bonds is 7. The largest absolute Gasteiger partial charge is 0.497 e. The molecule has 0 amide bonds. The molecular weight excluding hydrogens is 376 g/mol. The van der Waals surface area contributed by atoms with Crippen LogP contribution in [0.3, 0.4) is 0 Å². The summed E-state index contributed by atoms with van der Waals surface area (Å²) in [6.45, 7) is -0.112. The number of nitrogens with zero attached hydrogens (tertiary/aromatic N) is 1. The van der Waals surface area contributed by atoms with Crippen LogP contribution in [-0.4, -0.2) is 22.6 Å². The van der Waals surface area contributed by atoms with Crippen molar-refractivity contribution >= 4 is 22.4 Å². The van der Waals surface area contributed by atoms with Gasteiger partial charge in [-0.25, -0.2) is 0 Å². The maximum atomic E-state index is 13.7. The number of aryl methyl sites for hydroxylation is 1. The first-order valence-corrected chi connectivity index (χ1v) is 9.79. The second kappa shape index (κ2) is 8.43. The van der Waals surface area contributed by atoms with Crippen LogP contribution in [0.4, 0.5) is 5.69 Å². The predicted molar refractivity (Wildman–Crippen MR) is 119 cm³/mol. The number of anilines is 1. The van der Waals surface area contributed by atoms with Crippen molar-refractivity contribution in [3.05, 3.63) is 95.7 Å². The van der Waals surface area contributed by atoms with E-state index in [-0.39, 0.29) is 12.4 Å². The molecule has 152 valence electrons. The van der Waals surface area contributed by atoms with Gasteiger partial charge in [-0.2, -0.15) is 0 Å². The Kier molecular flexibility index (Phi) is 5.55. The van der Waals surface area contributed by atoms with Gasteiger partial charge in [0.05, 0.1) is 13.7 Å². The number of para-hydroxylation sites is 1. The third kappa shape index (κ3) is 3.80. The molecule has 0 aliphatic rings. The number of nitrogens with one attached hydrogen (secondary N) is 1. The number of methoxy groups -OCH3 is 1. The van der Waals surface area contributed by atoms with Crippen molar-refractivity contribution in [2.24, 2.45) is 7.05 Å². The van der Waals surface area contributed by atoms with Gasteiger partial charge in [0.15, 0.2) is 5.78 Å². The normalized spacial score (nSPS) is 12.0. The molecule has 0 spiro atoms. The Bertz CT molecular complexity index is 1160. The van der Waals surface area contributed by atoms with Gasteiger partial charge in [-0.1, -0.05) is 48.5 Å². The van der Waals surface area contributed by atoms with Crippen molar-refractivity contribution in [2.75, 3.05) is 12.4 Å². The highest BCUT2D eigenvalue weighted by molar-refractivity contribution is 6.11. The van der Waals surface area contributed by atoms with Crippen LogP contribution in [0.15, 0.2) is 79.0 Å². The van der Waals surface area contributed by atoms with E-state index >= 15 is 0 Å². The summed E-state index contributed by atoms with van der Waals surface area (Å²) in [6.07, 6.45) is 1.88. The van der Waals surface area contributed by atoms with E-state index in [2.05, 4.69) is 5.32 Å². The standard InChI is InChI=1S/C25H24N2O3/c1-27-15-22(21-10-6-7-11-23(21)27)25(29)24(18-8-4-3-5-9-18)26-19-12-17(16-28)13-20(14-19)30-2/h3-15,24,26,28H,16H2,1-2H3. The molecule has 0 fully saturated rings. The first kappa shape index (κ1) is 19.7. The number of carbonyl (C=O) groups excluding carboxylic acids is 1. The van der Waals surface area contributed by atoms with Crippen LogP contribution in [0.5, 0.6) is 5.75 Å². The Morgan fingerprint density at radius 1 is 1.07 bits per heavy atom. The lowest BCUT2D eigenvalue weighted by Gasteiger charge is -2.20. The molecule has 5 heteroatoms. The van der Waals surface area contributed by atoms with Crippen molar-refractivity contribution < 1.29 is 14.6 Å². The number of fused-ring (bicyclic) bond motifs is 1. The van der Waals surface area contributed by atoms with E-state index < -0.39 is 6.04 Å². The fraction of sp³-hybridized carbons (Fsp3) is 0.160. The van der Waals surface area contributed by atoms with Gasteiger partial charge in [-0.3, -0.25) is 4.79 Å². The molecule has 2 N–H and O–H groups in total. The Morgan fingerprint density at radius 2 is 1.80 bits per heavy atom. The Balaban J connectivity index is 1.78. The lowest BCUT2D eigenvalue weighted by atomic mass is 9.96. The van der Waals surface area contributed by atoms with Gasteiger partial charge >= 0.3 is 0 Å². The first-order valence-electron chi connectivity index (χ1n) is 9.79. The summed E-state index contributed by atoms with van der Waals surface area (Å²) < 4.78 is 7.32. The van der Waals surface area contributed by atoms with Gasteiger partial charge in [0, 0.05) is 41.5 Å². The van der Waals surface area contributed by atoms with Crippen molar-refractivity contribution in [1.29, 1.82) is 0 Å². The van der Waals surface area contributed by atoms with Crippen LogP contribution in [0, 0.1) is 0 Å². The molecule has 3 aromatic carbocycles. The first-order chi connectivity index (χ1) is 14.6. The van der Waals surface area contributed by atoms with Crippen LogP contribution in [-0.2, 0) is 13.7 Å². The topological polar surface area (TPSA) is 63.5 Å². The van der Waals surface area contributed by atoms with Crippen molar-refractivity contribution in [2.45, 2.75) is 12.6 Å². The molecule has 4 aromatic rings. The fourth-order valence-corrected chi connectivity index (χ4v) is 3.76. The number of aromatic nitrogens is 1. The zero-order chi connectivity index (χ0) is 21.1. The van der Waals surface area contributed by atoms with E-state index in [4.69, 9.17) is 4.74 Å². The van der Waals surface area contributed by atoms with Gasteiger partial charge in [0.2, 0.25) is 0 Å². The third-order valence-electron chi connectivity index (χ3n) is 5.25. The summed E-state index contributed by atoms with van der Waals surface area (Å²) >= 11 is 0. The highest BCUT2D eigenvalue weighted by Crippen LogP contribution is 2.30. The van der Waals surface area contributed by atoms with Gasteiger partial charge in [0.1, 0.15) is 11.8 Å². The molecule has 4 rings (SSSR count). The summed E-state index contributed by atoms with van der Waals surface area (Å²) in [4.78, 5) is 13.7. The molecule has 0 aliphatic heterocycles. The molecular formula is C25H24N2O3. The molecule has 5 nitrogen and oxygen atoms in total. The van der Waals surface area contributed by atoms with Gasteiger partial charge < -0.3 is 19.7 Å². The fourth-order valence-electron chi connectivity index (χ4n) is 3.76. The second-order valence-corrected chi connectivity index (χ2v) is 7.25. The van der Waals surface area contributed by atoms with Crippen LogP contribution < -0.4 is 10.1 Å². The summed E-state index contributed by atoms with van der Waals surface area (Å²) in [5, 5.41) is 13.9. The number of ether oxygens (including phenoxy) is 1. The predicted octanol–water partition coefficient (Wildman–Crippen LogP) is 4.72. The van der Waals surface area contributed by atoms with Crippen LogP contribution >= 0.6 is 0 Å². The van der Waals surface area contributed by atoms with Gasteiger partial charge in [-0.05, 0) is 29.3 Å². The van der Waals surface area contributed by atoms with E-state index in [1.165, 1.54) is 0 Å². The number of benzene rings is 3. The Morgan fingerprint density at radius 3 is 2.53 bits per heavy atom. The molecule has 1 atom stereocenters. The number of ketones is 1. The zero-order valence-electron chi connectivity index (χ0n) is 17.0. The lowest BCUT2D eigenvalue weighted by molar-refractivity contribution is 0.0971. The Labute approximate surface area is 175 Å². The van der Waals surface area contributed by atoms with E-state index in [1.807, 2.05) is 84.5 Å². The minimum atomic E-state index is -0.587. The maximum Gasteiger partial charge on any atom is 0.191 e. The molecule has 0 radical (unpaired) electrons. The van der Waals surface area contributed by atoms with E-state index in [9.17, 15) is 9.90 Å². The van der Waals surface area contributed by atoms with Crippen molar-refractivity contribution in [3.63, 3.8) is 0 Å². The summed E-state index contributed by atoms with van der Waals surface area (Å²) in [6, 6.07) is 22.4. The highest BCUT2D eigenvalue weighted by atomic mass is 16.5. The number of aliphatic hydroxyl groups is 1. The number of carbonyl (C=O) groups is 1. The number of aliphatic hydroxyl groups excluding tert-OH is 1. The molecule has 0 saturated carbocycles. The smallest absolute Gasteiger partial charge is 0.191 e. The Hall–Kier alpha value is -3.57. The average Bonchev–Trinajstić information content (AvgIpc) is 3.14. The number of hydrogen-bond donors (Lipinski definition) is 2. The van der Waals surface area contributed by atoms with Crippen molar-refractivity contribution in [1.82, 2.24) is 4.57 Å². The minimum Gasteiger partial charge on any atom is -0.497 e. The lowest BCUT2D eigenvalue weighted by Crippen LogP contribution is -2.21. The quantitative estimate of drug-likeness (QED) is 0.441. The van der Waals surface area contributed by atoms with E-state index in [0.29, 0.717) is 22.6 Å². The zero-order valence-corrected chi connectivity index (χ0v) is 17.0. The van der Waals surface area contributed by atoms with Gasteiger partial charge in [0.25, 0.3) is 0 Å². The molecule has 30 heavy (non-hydrogen) atoms. The van der Waals surface area contributed by atoms with Crippen LogP contribution in [0.1, 0.15) is 27.5 Å². The second-order valence-electron chi connectivity index (χ2n) is 7.25. The third-order valence-corrected chi connectivity index (χ3v) is 5.25. The summed E-state index contributed by atoms with van der Waals surface area (Å²) in [5.74, 6) is 0.597. The highest BCUT2D eigenvalue weighted by Gasteiger charge is 2.25. The number of hydrogen-bond acceptors (Lipinski definition) is 4. The molecule has 1 unspecified atom stereocenters. The molecule has 1 aromatic heterocycles. The van der Waals surface area contributed by atoms with Crippen LogP contribution in [0.2, 0.25) is 0 Å². The van der Waals surface area contributed by atoms with Crippen LogP contribution in [0.25, 0.3) is 10.9 Å². The monoisotopic (exact) mass is 400 g/mol. The molecule has 1 heterocycles. The molecule has 0 aliphatic carbocycles. The van der Waals surface area contributed by atoms with Gasteiger partial charge in [-0.15, -0.1) is 0 Å². The average molecular weight is 400 g/mol. The SMILES string of the molecule is COc1cc(CO)cc(NC(C(=O)c2cn(C)c3ccccc23)c2ccccc2)c1.